The minimum absolute atomic E-state index is 0.0200. The number of rotatable bonds is 13. The van der Waals surface area contributed by atoms with Gasteiger partial charge < -0.3 is 18.9 Å². The molecule has 0 unspecified atom stereocenters. The van der Waals surface area contributed by atoms with E-state index in [9.17, 15) is 56.1 Å². The highest BCUT2D eigenvalue weighted by atomic mass is 32.2. The number of benzene rings is 6. The quantitative estimate of drug-likeness (QED) is 0.0869. The Hall–Kier alpha value is -6.09. The Bertz CT molecular complexity index is 2850. The molecule has 0 atom stereocenters. The molecule has 11 nitrogen and oxygen atoms in total. The number of hydrogen-bond acceptors (Lipinski definition) is 10. The largest absolute Gasteiger partial charge is 0.497 e. The molecule has 0 amide bonds. The predicted molar refractivity (Wildman–Crippen MR) is 206 cm³/mol. The monoisotopic (exact) mass is 908 g/mol. The van der Waals surface area contributed by atoms with Crippen LogP contribution in [0.25, 0.3) is 0 Å². The average molecular weight is 909 g/mol. The molecule has 0 saturated carbocycles. The number of halogens is 6. The van der Waals surface area contributed by atoms with E-state index < -0.39 is 68.5 Å². The van der Waals surface area contributed by atoms with Gasteiger partial charge in [0.05, 0.1) is 33.8 Å². The zero-order valence-electron chi connectivity index (χ0n) is 31.3. The van der Waals surface area contributed by atoms with Crippen LogP contribution in [0, 0.1) is 0 Å². The van der Waals surface area contributed by atoms with Crippen molar-refractivity contribution in [1.29, 1.82) is 0 Å². The minimum Gasteiger partial charge on any atom is -0.497 e. The van der Waals surface area contributed by atoms with Gasteiger partial charge >= 0.3 is 12.4 Å². The highest BCUT2D eigenvalue weighted by Gasteiger charge is 2.72. The van der Waals surface area contributed by atoms with Crippen molar-refractivity contribution >= 4 is 29.8 Å². The van der Waals surface area contributed by atoms with Gasteiger partial charge in [-0.25, -0.2) is 16.8 Å². The number of ether oxygens (including phenoxy) is 4. The second-order valence-electron chi connectivity index (χ2n) is 12.9. The first kappa shape index (κ1) is 44.5. The van der Waals surface area contributed by atoms with Gasteiger partial charge in [0.2, 0.25) is 25.1 Å². The topological polar surface area (TPSA) is 160 Å². The van der Waals surface area contributed by atoms with Crippen LogP contribution >= 0.6 is 0 Å². The van der Waals surface area contributed by atoms with E-state index in [4.69, 9.17) is 18.9 Å². The lowest BCUT2D eigenvalue weighted by Crippen LogP contribution is -2.54. The van der Waals surface area contributed by atoms with E-state index in [1.54, 1.807) is 0 Å². The van der Waals surface area contributed by atoms with Crippen LogP contribution in [-0.2, 0) is 35.2 Å². The Labute approximate surface area is 345 Å². The molecule has 0 heterocycles. The molecule has 6 rings (SSSR count). The number of sulfone groups is 2. The summed E-state index contributed by atoms with van der Waals surface area (Å²) in [5.74, 6) is -0.263. The van der Waals surface area contributed by atoms with E-state index in [1.807, 2.05) is 0 Å². The highest BCUT2D eigenvalue weighted by molar-refractivity contribution is 7.92. The first-order valence-corrected chi connectivity index (χ1v) is 21.6. The van der Waals surface area contributed by atoms with Crippen LogP contribution in [0.3, 0.4) is 0 Å². The maximum atomic E-state index is 14.9. The third-order valence-corrected chi connectivity index (χ3v) is 13.7. The summed E-state index contributed by atoms with van der Waals surface area (Å²) >= 11 is 0. The maximum Gasteiger partial charge on any atom is 0.411 e. The van der Waals surface area contributed by atoms with Crippen LogP contribution in [0.15, 0.2) is 164 Å². The molecule has 0 saturated heterocycles. The third-order valence-electron chi connectivity index (χ3n) is 9.26. The van der Waals surface area contributed by atoms with E-state index in [0.717, 1.165) is 67.8 Å². The van der Waals surface area contributed by atoms with Crippen LogP contribution in [0.4, 0.5) is 26.3 Å². The van der Waals surface area contributed by atoms with Crippen molar-refractivity contribution in [1.82, 2.24) is 0 Å². The Morgan fingerprint density at radius 2 is 0.738 bits per heavy atom. The summed E-state index contributed by atoms with van der Waals surface area (Å²) < 4.78 is 196. The van der Waals surface area contributed by atoms with Gasteiger partial charge in [-0.05, 0) is 126 Å². The lowest BCUT2D eigenvalue weighted by molar-refractivity contribution is -0.288. The summed E-state index contributed by atoms with van der Waals surface area (Å²) in [4.78, 5) is -1.79. The van der Waals surface area contributed by atoms with Crippen molar-refractivity contribution in [3.8, 4) is 34.5 Å². The second kappa shape index (κ2) is 16.4. The number of alkyl halides is 6. The van der Waals surface area contributed by atoms with Gasteiger partial charge in [-0.15, -0.1) is 0 Å². The molecule has 0 radical (unpaired) electrons. The first-order chi connectivity index (χ1) is 28.5. The molecular formula is C41H30F6O11S3. The highest BCUT2D eigenvalue weighted by Crippen LogP contribution is 2.56. The Balaban J connectivity index is 1.22. The zero-order valence-corrected chi connectivity index (χ0v) is 33.8. The molecule has 6 aromatic rings. The molecular weight excluding hydrogens is 879 g/mol. The summed E-state index contributed by atoms with van der Waals surface area (Å²) in [6.07, 6.45) is -11.8. The van der Waals surface area contributed by atoms with Crippen molar-refractivity contribution in [2.75, 3.05) is 14.2 Å². The normalized spacial score (nSPS) is 12.7. The van der Waals surface area contributed by atoms with Gasteiger partial charge in [0.1, 0.15) is 39.4 Å². The average Bonchev–Trinajstić information content (AvgIpc) is 3.21. The standard InChI is InChI=1S/C41H30F6O11S3/c1-55-28-11-17-33(18-12-28)59(48,49)34-19-13-31(14-20-34)57-29-7-3-26(4-8-29)39(40(42,43)44,41(45,46)47)27-5-9-30(10-6-27)58-32-15-21-35(22-16-32)60(50,51)36-23-24-37(56-2)38(25-36)61(52,53)54/h3-25H,1-2H3,(H,52,53,54). The summed E-state index contributed by atoms with van der Waals surface area (Å²) in [7, 11) is -10.7. The summed E-state index contributed by atoms with van der Waals surface area (Å²) in [5.41, 5.74) is -6.92. The van der Waals surface area contributed by atoms with Crippen LogP contribution in [-0.4, -0.2) is 56.4 Å². The summed E-state index contributed by atoms with van der Waals surface area (Å²) in [6, 6.07) is 23.8. The molecule has 0 aliphatic rings. The first-order valence-electron chi connectivity index (χ1n) is 17.2. The van der Waals surface area contributed by atoms with Crippen LogP contribution in [0.2, 0.25) is 0 Å². The minimum atomic E-state index is -5.92. The zero-order chi connectivity index (χ0) is 44.6. The smallest absolute Gasteiger partial charge is 0.411 e. The summed E-state index contributed by atoms with van der Waals surface area (Å²) in [6.45, 7) is 0. The lowest BCUT2D eigenvalue weighted by Gasteiger charge is -2.38. The molecule has 61 heavy (non-hydrogen) atoms. The Morgan fingerprint density at radius 3 is 1.05 bits per heavy atom. The fourth-order valence-corrected chi connectivity index (χ4v) is 9.53. The molecule has 0 spiro atoms. The lowest BCUT2D eigenvalue weighted by atomic mass is 9.73. The molecule has 0 aromatic heterocycles. The van der Waals surface area contributed by atoms with E-state index >= 15 is 0 Å². The Kier molecular flexibility index (Phi) is 12.0. The molecule has 0 aliphatic carbocycles. The SMILES string of the molecule is COc1ccc(S(=O)(=O)c2ccc(Oc3ccc(C(c4ccc(Oc5ccc(S(=O)(=O)c6ccc(OC)c(S(=O)(=O)O)c6)cc5)cc4)(C(F)(F)F)C(F)(F)F)cc3)cc2)cc1. The van der Waals surface area contributed by atoms with Crippen LogP contribution < -0.4 is 18.9 Å². The molecule has 1 N–H and O–H groups in total. The van der Waals surface area contributed by atoms with E-state index in [0.29, 0.717) is 36.1 Å². The third kappa shape index (κ3) is 8.74. The van der Waals surface area contributed by atoms with Gasteiger partial charge in [0.25, 0.3) is 10.1 Å². The van der Waals surface area contributed by atoms with Gasteiger partial charge in [0.15, 0.2) is 0 Å². The molecule has 0 bridgehead atoms. The van der Waals surface area contributed by atoms with Crippen LogP contribution in [0.5, 0.6) is 34.5 Å². The van der Waals surface area contributed by atoms with E-state index in [-0.39, 0.29) is 43.4 Å². The number of hydrogen-bond donors (Lipinski definition) is 1. The van der Waals surface area contributed by atoms with Gasteiger partial charge in [0, 0.05) is 0 Å². The van der Waals surface area contributed by atoms with Gasteiger partial charge in [-0.1, -0.05) is 24.3 Å². The molecule has 0 fully saturated rings. The second-order valence-corrected chi connectivity index (χ2v) is 18.2. The predicted octanol–water partition coefficient (Wildman–Crippen LogP) is 9.61. The molecule has 20 heteroatoms. The van der Waals surface area contributed by atoms with E-state index in [1.165, 1.54) is 55.6 Å². The molecule has 6 aromatic carbocycles. The Morgan fingerprint density at radius 1 is 0.426 bits per heavy atom. The fraction of sp³-hybridized carbons (Fsp3) is 0.122. The van der Waals surface area contributed by atoms with Crippen molar-refractivity contribution in [3.05, 3.63) is 151 Å². The van der Waals surface area contributed by atoms with Gasteiger partial charge in [-0.2, -0.15) is 34.8 Å². The van der Waals surface area contributed by atoms with Crippen molar-refractivity contribution < 1.29 is 75.1 Å². The summed E-state index contributed by atoms with van der Waals surface area (Å²) in [5, 5.41) is 0. The maximum absolute atomic E-state index is 14.9. The van der Waals surface area contributed by atoms with Crippen LogP contribution in [0.1, 0.15) is 11.1 Å². The van der Waals surface area contributed by atoms with Crippen molar-refractivity contribution in [3.63, 3.8) is 0 Å². The van der Waals surface area contributed by atoms with Gasteiger partial charge in [-0.3, -0.25) is 4.55 Å². The number of methoxy groups -OCH3 is 2. The van der Waals surface area contributed by atoms with E-state index in [2.05, 4.69) is 0 Å². The fourth-order valence-electron chi connectivity index (χ4n) is 6.23. The van der Waals surface area contributed by atoms with Crippen molar-refractivity contribution in [2.45, 2.75) is 42.2 Å². The molecule has 0 aliphatic heterocycles. The van der Waals surface area contributed by atoms with Crippen molar-refractivity contribution in [2.24, 2.45) is 0 Å². The molecule has 320 valence electrons.